The van der Waals surface area contributed by atoms with Gasteiger partial charge in [-0.25, -0.2) is 0 Å². The van der Waals surface area contributed by atoms with Gasteiger partial charge in [-0.2, -0.15) is 0 Å². The van der Waals surface area contributed by atoms with Crippen molar-refractivity contribution in [2.45, 2.75) is 89.1 Å². The van der Waals surface area contributed by atoms with Gasteiger partial charge in [-0.3, -0.25) is 24.0 Å². The molecule has 2 saturated carbocycles. The van der Waals surface area contributed by atoms with Crippen LogP contribution in [0.25, 0.3) is 0 Å². The summed E-state index contributed by atoms with van der Waals surface area (Å²) in [6.45, 7) is 0.350. The van der Waals surface area contributed by atoms with Crippen LogP contribution in [-0.4, -0.2) is 127 Å². The summed E-state index contributed by atoms with van der Waals surface area (Å²) in [6, 6.07) is -0.101. The first-order valence-electron chi connectivity index (χ1n) is 15.7. The van der Waals surface area contributed by atoms with Gasteiger partial charge in [-0.05, 0) is 52.1 Å². The minimum atomic E-state index is -0.599. The number of hydrogen-bond acceptors (Lipinski definition) is 8. The van der Waals surface area contributed by atoms with Crippen LogP contribution in [0.3, 0.4) is 0 Å². The molecule has 2 rings (SSSR count). The molecule has 42 heavy (non-hydrogen) atoms. The van der Waals surface area contributed by atoms with Gasteiger partial charge in [0.05, 0.1) is 26.2 Å². The fourth-order valence-corrected chi connectivity index (χ4v) is 6.00. The average molecular weight is 595 g/mol. The van der Waals surface area contributed by atoms with Crippen LogP contribution < -0.4 is 22.5 Å². The van der Waals surface area contributed by atoms with Crippen molar-refractivity contribution in [1.82, 2.24) is 24.9 Å². The van der Waals surface area contributed by atoms with Crippen LogP contribution >= 0.6 is 0 Å². The van der Waals surface area contributed by atoms with Crippen molar-refractivity contribution in [3.05, 3.63) is 0 Å². The number of nitrogens with zero attached hydrogens (tertiary/aromatic N) is 4. The van der Waals surface area contributed by atoms with Crippen LogP contribution in [0.5, 0.6) is 0 Å². The summed E-state index contributed by atoms with van der Waals surface area (Å²) in [7, 11) is 1.70. The van der Waals surface area contributed by atoms with E-state index in [1.807, 2.05) is 0 Å². The normalized spacial score (nSPS) is 16.1. The second-order valence-electron chi connectivity index (χ2n) is 11.5. The third-order valence-electron chi connectivity index (χ3n) is 8.27. The number of primary amides is 1. The lowest BCUT2D eigenvalue weighted by atomic mass is 9.94. The number of unbranched alkanes of at least 4 members (excludes halogenated alkanes) is 1. The third kappa shape index (κ3) is 11.8. The fourth-order valence-electron chi connectivity index (χ4n) is 6.00. The van der Waals surface area contributed by atoms with Crippen molar-refractivity contribution in [2.24, 2.45) is 17.2 Å². The van der Waals surface area contributed by atoms with Crippen LogP contribution in [0.2, 0.25) is 0 Å². The van der Waals surface area contributed by atoms with E-state index in [-0.39, 0.29) is 75.6 Å². The van der Waals surface area contributed by atoms with Crippen molar-refractivity contribution in [1.29, 1.82) is 0 Å². The smallest absolute Gasteiger partial charge is 0.242 e. The molecule has 0 bridgehead atoms. The predicted molar refractivity (Wildman–Crippen MR) is 161 cm³/mol. The zero-order valence-electron chi connectivity index (χ0n) is 25.6. The van der Waals surface area contributed by atoms with E-state index in [2.05, 4.69) is 5.32 Å². The third-order valence-corrected chi connectivity index (χ3v) is 8.27. The molecule has 5 amide bonds. The van der Waals surface area contributed by atoms with Crippen molar-refractivity contribution in [3.8, 4) is 0 Å². The van der Waals surface area contributed by atoms with Gasteiger partial charge in [0.1, 0.15) is 6.54 Å². The van der Waals surface area contributed by atoms with Crippen LogP contribution in [0.15, 0.2) is 0 Å². The zero-order chi connectivity index (χ0) is 30.9. The van der Waals surface area contributed by atoms with E-state index in [1.54, 1.807) is 11.9 Å². The summed E-state index contributed by atoms with van der Waals surface area (Å²) in [5, 5.41) is 2.89. The topological polar surface area (TPSA) is 188 Å². The highest BCUT2D eigenvalue weighted by atomic mass is 16.2. The maximum atomic E-state index is 13.6. The molecule has 0 radical (unpaired) electrons. The van der Waals surface area contributed by atoms with Gasteiger partial charge in [0.2, 0.25) is 29.5 Å². The molecule has 13 heteroatoms. The van der Waals surface area contributed by atoms with E-state index < -0.39 is 11.8 Å². The van der Waals surface area contributed by atoms with E-state index >= 15 is 0 Å². The van der Waals surface area contributed by atoms with Gasteiger partial charge in [0.25, 0.3) is 0 Å². The Kier molecular flexibility index (Phi) is 16.4. The Balaban J connectivity index is 2.17. The summed E-state index contributed by atoms with van der Waals surface area (Å²) in [5.41, 5.74) is 16.9. The molecule has 0 heterocycles. The van der Waals surface area contributed by atoms with Gasteiger partial charge in [-0.15, -0.1) is 0 Å². The molecule has 0 aromatic carbocycles. The Morgan fingerprint density at radius 2 is 1.12 bits per heavy atom. The molecule has 0 aliphatic heterocycles. The van der Waals surface area contributed by atoms with Gasteiger partial charge in [-0.1, -0.05) is 38.5 Å². The number of nitrogens with one attached hydrogen (secondary N) is 1. The molecule has 0 atom stereocenters. The number of nitrogens with two attached hydrogens (primary N) is 3. The maximum Gasteiger partial charge on any atom is 0.242 e. The Morgan fingerprint density at radius 1 is 0.619 bits per heavy atom. The van der Waals surface area contributed by atoms with Crippen LogP contribution in [-0.2, 0) is 24.0 Å². The molecular formula is C29H54N8O5. The summed E-state index contributed by atoms with van der Waals surface area (Å²) in [5.74, 6) is -1.82. The first kappa shape index (κ1) is 35.4. The Bertz CT molecular complexity index is 876. The number of hydrogen-bond donors (Lipinski definition) is 4. The number of likely N-dealkylation sites (N-methyl/N-ethyl adjacent to an activating group) is 1. The Hall–Kier alpha value is -2.77. The number of carbonyl (C=O) groups is 5. The SMILES string of the molecule is CNCC(=O)N(CC(=O)N(CCCCN)CC(=O)N(CCN)CC(=O)N(CC(N)=O)C1CCCCC1)C1CCCCC1. The summed E-state index contributed by atoms with van der Waals surface area (Å²) >= 11 is 0. The summed E-state index contributed by atoms with van der Waals surface area (Å²) in [6.07, 6.45) is 10.7. The van der Waals surface area contributed by atoms with Crippen molar-refractivity contribution in [2.75, 3.05) is 66.0 Å². The van der Waals surface area contributed by atoms with Crippen LogP contribution in [0.1, 0.15) is 77.0 Å². The lowest BCUT2D eigenvalue weighted by molar-refractivity contribution is -0.148. The quantitative estimate of drug-likeness (QED) is 0.151. The van der Waals surface area contributed by atoms with E-state index in [9.17, 15) is 24.0 Å². The molecule has 7 N–H and O–H groups in total. The molecular weight excluding hydrogens is 540 g/mol. The second kappa shape index (κ2) is 19.4. The minimum Gasteiger partial charge on any atom is -0.368 e. The first-order chi connectivity index (χ1) is 20.2. The first-order valence-corrected chi connectivity index (χ1v) is 15.7. The van der Waals surface area contributed by atoms with Crippen molar-refractivity contribution >= 4 is 29.5 Å². The molecule has 2 aliphatic rings. The van der Waals surface area contributed by atoms with Crippen LogP contribution in [0.4, 0.5) is 0 Å². The van der Waals surface area contributed by atoms with Gasteiger partial charge < -0.3 is 42.1 Å². The average Bonchev–Trinajstić information content (AvgIpc) is 2.98. The molecule has 13 nitrogen and oxygen atoms in total. The summed E-state index contributed by atoms with van der Waals surface area (Å²) < 4.78 is 0. The number of rotatable bonds is 18. The predicted octanol–water partition coefficient (Wildman–Crippen LogP) is -0.631. The van der Waals surface area contributed by atoms with Gasteiger partial charge in [0.15, 0.2) is 0 Å². The van der Waals surface area contributed by atoms with E-state index in [4.69, 9.17) is 17.2 Å². The number of carbonyl (C=O) groups excluding carboxylic acids is 5. The van der Waals surface area contributed by atoms with Crippen molar-refractivity contribution in [3.63, 3.8) is 0 Å². The van der Waals surface area contributed by atoms with E-state index in [0.717, 1.165) is 64.2 Å². The molecule has 2 fully saturated rings. The minimum absolute atomic E-state index is 0.00692. The molecule has 0 spiro atoms. The molecule has 0 saturated heterocycles. The molecule has 0 aromatic rings. The van der Waals surface area contributed by atoms with Crippen LogP contribution in [0, 0.1) is 0 Å². The van der Waals surface area contributed by atoms with E-state index in [1.165, 1.54) is 14.7 Å². The fraction of sp³-hybridized carbons (Fsp3) is 0.828. The highest BCUT2D eigenvalue weighted by Crippen LogP contribution is 2.24. The summed E-state index contributed by atoms with van der Waals surface area (Å²) in [4.78, 5) is 71.3. The van der Waals surface area contributed by atoms with Crippen molar-refractivity contribution < 1.29 is 24.0 Å². The Morgan fingerprint density at radius 3 is 1.62 bits per heavy atom. The van der Waals surface area contributed by atoms with Gasteiger partial charge >= 0.3 is 0 Å². The Labute approximate surface area is 250 Å². The van der Waals surface area contributed by atoms with Gasteiger partial charge in [0, 0.05) is 31.7 Å². The molecule has 0 unspecified atom stereocenters. The number of amides is 5. The largest absolute Gasteiger partial charge is 0.368 e. The highest BCUT2D eigenvalue weighted by Gasteiger charge is 2.32. The standard InChI is InChI=1S/C29H54N8O5/c1-33-18-26(39)37(24-12-6-3-7-13-24)22-28(41)34(16-9-8-14-30)20-27(40)35(17-15-31)21-29(42)36(19-25(32)38)23-10-4-2-5-11-23/h23-24,33H,2-22,30-31H2,1H3,(H2,32,38). The zero-order valence-corrected chi connectivity index (χ0v) is 25.6. The highest BCUT2D eigenvalue weighted by molar-refractivity contribution is 5.91. The monoisotopic (exact) mass is 594 g/mol. The second-order valence-corrected chi connectivity index (χ2v) is 11.5. The van der Waals surface area contributed by atoms with E-state index in [0.29, 0.717) is 25.9 Å². The lowest BCUT2D eigenvalue weighted by Gasteiger charge is -2.36. The maximum absolute atomic E-state index is 13.6. The molecule has 240 valence electrons. The molecule has 0 aromatic heterocycles. The lowest BCUT2D eigenvalue weighted by Crippen LogP contribution is -2.54. The molecule has 2 aliphatic carbocycles.